The maximum atomic E-state index is 3.72. The molecule has 1 aliphatic heterocycles. The number of aryl methyl sites for hydroxylation is 1. The highest BCUT2D eigenvalue weighted by atomic mass is 15.3. The summed E-state index contributed by atoms with van der Waals surface area (Å²) in [6, 6.07) is 8.64. The van der Waals surface area contributed by atoms with E-state index in [1.54, 1.807) is 0 Å². The monoisotopic (exact) mass is 383 g/mol. The Morgan fingerprint density at radius 2 is 1.82 bits per heavy atom. The molecule has 0 radical (unpaired) electrons. The molecule has 0 amide bonds. The van der Waals surface area contributed by atoms with Crippen LogP contribution in [0.1, 0.15) is 47.0 Å². The molecule has 1 N–H and O–H groups in total. The van der Waals surface area contributed by atoms with E-state index in [1.165, 1.54) is 62.3 Å². The number of allylic oxidation sites excluding steroid dienone is 2. The highest BCUT2D eigenvalue weighted by Crippen LogP contribution is 2.42. The minimum absolute atomic E-state index is 0. The van der Waals surface area contributed by atoms with Gasteiger partial charge in [0.05, 0.1) is 0 Å². The Morgan fingerprint density at radius 3 is 2.43 bits per heavy atom. The van der Waals surface area contributed by atoms with Crippen molar-refractivity contribution in [2.45, 2.75) is 52.5 Å². The topological polar surface area (TPSA) is 18.5 Å². The van der Waals surface area contributed by atoms with Gasteiger partial charge in [0.25, 0.3) is 0 Å². The van der Waals surface area contributed by atoms with Gasteiger partial charge in [-0.05, 0) is 49.3 Å². The molecule has 4 rings (SSSR count). The van der Waals surface area contributed by atoms with Crippen LogP contribution in [0.25, 0.3) is 0 Å². The van der Waals surface area contributed by atoms with Crippen LogP contribution in [0.15, 0.2) is 48.1 Å². The lowest BCUT2D eigenvalue weighted by Gasteiger charge is -2.40. The lowest BCUT2D eigenvalue weighted by atomic mass is 9.98. The number of hydrogen-bond acceptors (Lipinski definition) is 3. The van der Waals surface area contributed by atoms with Crippen molar-refractivity contribution in [3.63, 3.8) is 0 Å². The van der Waals surface area contributed by atoms with Crippen LogP contribution in [0, 0.1) is 12.8 Å². The number of nitrogens with one attached hydrogen (secondary N) is 1. The Balaban J connectivity index is 0.000000970. The zero-order chi connectivity index (χ0) is 20.0. The molecule has 1 saturated carbocycles. The van der Waals surface area contributed by atoms with Crippen molar-refractivity contribution in [3.8, 4) is 0 Å². The van der Waals surface area contributed by atoms with Crippen LogP contribution in [0.3, 0.4) is 0 Å². The number of anilines is 1. The third-order valence-corrected chi connectivity index (χ3v) is 6.42. The molecule has 0 aromatic heterocycles. The van der Waals surface area contributed by atoms with Gasteiger partial charge < -0.3 is 5.32 Å². The predicted molar refractivity (Wildman–Crippen MR) is 124 cm³/mol. The third kappa shape index (κ3) is 5.27. The quantitative estimate of drug-likeness (QED) is 0.714. The lowest BCUT2D eigenvalue weighted by Crippen LogP contribution is -2.53. The normalized spacial score (nSPS) is 24.1. The fourth-order valence-electron chi connectivity index (χ4n) is 4.31. The SMILES string of the molecule is CC.Cc1ccccc1NCC1(N2CCN(CC3=CCC(C)C=C3)CC2)CC1.[HH]. The van der Waals surface area contributed by atoms with E-state index in [9.17, 15) is 0 Å². The first-order chi connectivity index (χ1) is 13.6. The van der Waals surface area contributed by atoms with Crippen LogP contribution in [0.2, 0.25) is 0 Å². The van der Waals surface area contributed by atoms with Gasteiger partial charge >= 0.3 is 0 Å². The predicted octanol–water partition coefficient (Wildman–Crippen LogP) is 5.35. The van der Waals surface area contributed by atoms with E-state index >= 15 is 0 Å². The average molecular weight is 384 g/mol. The summed E-state index contributed by atoms with van der Waals surface area (Å²) in [6.45, 7) is 15.5. The zero-order valence-electron chi connectivity index (χ0n) is 18.4. The standard InChI is InChI=1S/C23H33N3.C2H6.H2/c1-19-7-9-21(10-8-19)17-25-13-15-26(16-14-25)23(11-12-23)18-24-22-6-4-3-5-20(22)2;1-2;/h3-7,9-10,19,24H,8,11-18H2,1-2H3;1-2H3;1H. The van der Waals surface area contributed by atoms with Gasteiger partial charge in [-0.15, -0.1) is 0 Å². The molecule has 3 nitrogen and oxygen atoms in total. The molecule has 2 fully saturated rings. The van der Waals surface area contributed by atoms with Crippen LogP contribution in [0.5, 0.6) is 0 Å². The number of benzene rings is 1. The van der Waals surface area contributed by atoms with Gasteiger partial charge in [-0.1, -0.05) is 57.2 Å². The summed E-state index contributed by atoms with van der Waals surface area (Å²) < 4.78 is 0. The summed E-state index contributed by atoms with van der Waals surface area (Å²) in [6.07, 6.45) is 11.0. The minimum Gasteiger partial charge on any atom is -0.383 e. The first-order valence-electron chi connectivity index (χ1n) is 11.3. The summed E-state index contributed by atoms with van der Waals surface area (Å²) in [5.41, 5.74) is 4.56. The molecule has 3 aliphatic rings. The van der Waals surface area contributed by atoms with Gasteiger partial charge in [0, 0.05) is 51.9 Å². The number of piperazine rings is 1. The Bertz CT molecular complexity index is 685. The number of para-hydroxylation sites is 1. The maximum absolute atomic E-state index is 3.72. The van der Waals surface area contributed by atoms with Crippen molar-refractivity contribution in [1.29, 1.82) is 0 Å². The van der Waals surface area contributed by atoms with Crippen LogP contribution in [-0.2, 0) is 0 Å². The van der Waals surface area contributed by atoms with Crippen molar-refractivity contribution < 1.29 is 1.43 Å². The highest BCUT2D eigenvalue weighted by molar-refractivity contribution is 5.50. The summed E-state index contributed by atoms with van der Waals surface area (Å²) in [7, 11) is 0. The van der Waals surface area contributed by atoms with Crippen molar-refractivity contribution >= 4 is 5.69 Å². The fourth-order valence-corrected chi connectivity index (χ4v) is 4.31. The van der Waals surface area contributed by atoms with E-state index < -0.39 is 0 Å². The molecule has 1 atom stereocenters. The van der Waals surface area contributed by atoms with E-state index in [1.807, 2.05) is 13.8 Å². The molecule has 1 aromatic carbocycles. The molecule has 0 bridgehead atoms. The van der Waals surface area contributed by atoms with Crippen molar-refractivity contribution in [1.82, 2.24) is 9.80 Å². The molecule has 3 heteroatoms. The van der Waals surface area contributed by atoms with Gasteiger partial charge in [0.2, 0.25) is 0 Å². The first kappa shape index (κ1) is 21.1. The van der Waals surface area contributed by atoms with Crippen LogP contribution < -0.4 is 5.32 Å². The van der Waals surface area contributed by atoms with Crippen LogP contribution in [0.4, 0.5) is 5.69 Å². The largest absolute Gasteiger partial charge is 0.383 e. The molecular weight excluding hydrogens is 342 g/mol. The lowest BCUT2D eigenvalue weighted by molar-refractivity contribution is 0.0953. The highest BCUT2D eigenvalue weighted by Gasteiger charge is 2.48. The molecular formula is C25H41N3. The molecule has 1 aromatic rings. The molecule has 2 aliphatic carbocycles. The maximum Gasteiger partial charge on any atom is 0.0384 e. The summed E-state index contributed by atoms with van der Waals surface area (Å²) in [5, 5.41) is 3.72. The van der Waals surface area contributed by atoms with Crippen LogP contribution in [-0.4, -0.2) is 54.6 Å². The summed E-state index contributed by atoms with van der Waals surface area (Å²) in [4.78, 5) is 5.38. The molecule has 0 spiro atoms. The second-order valence-corrected chi connectivity index (χ2v) is 8.51. The Hall–Kier alpha value is -1.58. The number of hydrogen-bond donors (Lipinski definition) is 1. The van der Waals surface area contributed by atoms with Gasteiger partial charge in [-0.2, -0.15) is 0 Å². The molecule has 28 heavy (non-hydrogen) atoms. The van der Waals surface area contributed by atoms with E-state index in [0.29, 0.717) is 11.5 Å². The van der Waals surface area contributed by atoms with Crippen LogP contribution >= 0.6 is 0 Å². The molecule has 156 valence electrons. The number of nitrogens with zero attached hydrogens (tertiary/aromatic N) is 2. The van der Waals surface area contributed by atoms with Gasteiger partial charge in [-0.3, -0.25) is 9.80 Å². The Morgan fingerprint density at radius 1 is 1.11 bits per heavy atom. The summed E-state index contributed by atoms with van der Waals surface area (Å²) >= 11 is 0. The van der Waals surface area contributed by atoms with Gasteiger partial charge in [0.1, 0.15) is 0 Å². The first-order valence-corrected chi connectivity index (χ1v) is 11.3. The Labute approximate surface area is 174 Å². The van der Waals surface area contributed by atoms with E-state index in [0.717, 1.165) is 13.1 Å². The van der Waals surface area contributed by atoms with E-state index in [-0.39, 0.29) is 1.43 Å². The smallest absolute Gasteiger partial charge is 0.0384 e. The van der Waals surface area contributed by atoms with Gasteiger partial charge in [-0.25, -0.2) is 0 Å². The van der Waals surface area contributed by atoms with E-state index in [2.05, 4.69) is 71.5 Å². The number of rotatable bonds is 6. The van der Waals surface area contributed by atoms with Crippen molar-refractivity contribution in [2.24, 2.45) is 5.92 Å². The second-order valence-electron chi connectivity index (χ2n) is 8.51. The molecule has 1 saturated heterocycles. The minimum atomic E-state index is 0. The van der Waals surface area contributed by atoms with Crippen molar-refractivity contribution in [2.75, 3.05) is 44.6 Å². The Kier molecular flexibility index (Phi) is 7.36. The average Bonchev–Trinajstić information content (AvgIpc) is 3.52. The van der Waals surface area contributed by atoms with E-state index in [4.69, 9.17) is 0 Å². The van der Waals surface area contributed by atoms with Gasteiger partial charge in [0.15, 0.2) is 0 Å². The summed E-state index contributed by atoms with van der Waals surface area (Å²) in [5.74, 6) is 0.714. The third-order valence-electron chi connectivity index (χ3n) is 6.42. The molecule has 1 heterocycles. The zero-order valence-corrected chi connectivity index (χ0v) is 18.4. The molecule has 1 unspecified atom stereocenters. The second kappa shape index (κ2) is 9.76. The van der Waals surface area contributed by atoms with Crippen molar-refractivity contribution in [3.05, 3.63) is 53.6 Å². The fraction of sp³-hybridized carbons (Fsp3) is 0.600.